The zero-order valence-electron chi connectivity index (χ0n) is 10.8. The average molecular weight is 282 g/mol. The molecule has 0 radical (unpaired) electrons. The fourth-order valence-electron chi connectivity index (χ4n) is 1.79. The summed E-state index contributed by atoms with van der Waals surface area (Å²) in [6.07, 6.45) is 0. The summed E-state index contributed by atoms with van der Waals surface area (Å²) in [5.41, 5.74) is 0.264. The van der Waals surface area contributed by atoms with Gasteiger partial charge in [0.1, 0.15) is 11.4 Å². The summed E-state index contributed by atoms with van der Waals surface area (Å²) in [6.45, 7) is 0.766. The number of nitrogens with one attached hydrogen (secondary N) is 1. The number of carboxylic acid groups (broad SMARTS) is 1. The number of hydrogen-bond donors (Lipinski definition) is 2. The molecule has 1 aromatic carbocycles. The van der Waals surface area contributed by atoms with E-state index in [4.69, 9.17) is 9.84 Å². The molecule has 1 aromatic heterocycles. The van der Waals surface area contributed by atoms with Crippen LogP contribution in [0.1, 0.15) is 23.0 Å². The third kappa shape index (κ3) is 2.61. The van der Waals surface area contributed by atoms with Crippen molar-refractivity contribution in [1.82, 2.24) is 10.2 Å². The fraction of sp³-hybridized carbons (Fsp3) is 0.231. The van der Waals surface area contributed by atoms with Crippen molar-refractivity contribution in [2.24, 2.45) is 0 Å². The molecule has 7 heteroatoms. The molecule has 106 valence electrons. The molecule has 0 saturated carbocycles. The van der Waals surface area contributed by atoms with Gasteiger partial charge in [0.05, 0.1) is 18.4 Å². The number of benzene rings is 1. The van der Waals surface area contributed by atoms with E-state index in [2.05, 4.69) is 10.2 Å². The molecule has 0 aliphatic carbocycles. The van der Waals surface area contributed by atoms with E-state index in [1.54, 1.807) is 0 Å². The Morgan fingerprint density at radius 2 is 2.10 bits per heavy atom. The van der Waals surface area contributed by atoms with Crippen molar-refractivity contribution in [2.45, 2.75) is 12.8 Å². The molecule has 2 aromatic rings. The molecule has 0 unspecified atom stereocenters. The molecule has 20 heavy (non-hydrogen) atoms. The maximum absolute atomic E-state index is 13.5. The minimum atomic E-state index is -3.08. The molecular weight excluding hydrogens is 270 g/mol. The predicted molar refractivity (Wildman–Crippen MR) is 67.1 cm³/mol. The van der Waals surface area contributed by atoms with Gasteiger partial charge in [-0.2, -0.15) is 5.10 Å². The van der Waals surface area contributed by atoms with Crippen LogP contribution in [-0.4, -0.2) is 28.4 Å². The van der Waals surface area contributed by atoms with Gasteiger partial charge in [-0.1, -0.05) is 0 Å². The maximum Gasteiger partial charge on any atom is 0.353 e. The van der Waals surface area contributed by atoms with Crippen LogP contribution in [0.4, 0.5) is 8.78 Å². The molecule has 1 heterocycles. The van der Waals surface area contributed by atoms with E-state index in [1.165, 1.54) is 31.4 Å². The Labute approximate surface area is 113 Å². The van der Waals surface area contributed by atoms with Crippen LogP contribution in [0.25, 0.3) is 11.3 Å². The van der Waals surface area contributed by atoms with Gasteiger partial charge in [0.2, 0.25) is 0 Å². The number of hydrogen-bond acceptors (Lipinski definition) is 3. The van der Waals surface area contributed by atoms with E-state index >= 15 is 0 Å². The van der Waals surface area contributed by atoms with Crippen molar-refractivity contribution < 1.29 is 23.4 Å². The highest BCUT2D eigenvalue weighted by molar-refractivity contribution is 5.86. The molecule has 0 spiro atoms. The second-order valence-corrected chi connectivity index (χ2v) is 4.28. The Balaban J connectivity index is 2.50. The number of alkyl halides is 2. The fourth-order valence-corrected chi connectivity index (χ4v) is 1.79. The molecular formula is C13H12F2N2O3. The second kappa shape index (κ2) is 4.92. The van der Waals surface area contributed by atoms with Crippen molar-refractivity contribution >= 4 is 5.97 Å². The van der Waals surface area contributed by atoms with Crippen LogP contribution in [0.2, 0.25) is 0 Å². The largest absolute Gasteiger partial charge is 0.496 e. The summed E-state index contributed by atoms with van der Waals surface area (Å²) in [5.74, 6) is -4.18. The Bertz CT molecular complexity index is 647. The third-order valence-corrected chi connectivity index (χ3v) is 2.78. The highest BCUT2D eigenvalue weighted by Crippen LogP contribution is 2.37. The van der Waals surface area contributed by atoms with Crippen LogP contribution >= 0.6 is 0 Å². The monoisotopic (exact) mass is 282 g/mol. The lowest BCUT2D eigenvalue weighted by molar-refractivity contribution is 0.0151. The summed E-state index contributed by atoms with van der Waals surface area (Å²) >= 11 is 0. The summed E-state index contributed by atoms with van der Waals surface area (Å²) < 4.78 is 32.0. The summed E-state index contributed by atoms with van der Waals surface area (Å²) in [7, 11) is 1.31. The minimum absolute atomic E-state index is 0.0650. The first-order chi connectivity index (χ1) is 9.32. The number of ether oxygens (including phenoxy) is 1. The van der Waals surface area contributed by atoms with E-state index < -0.39 is 11.9 Å². The van der Waals surface area contributed by atoms with Gasteiger partial charge in [0.25, 0.3) is 5.92 Å². The first kappa shape index (κ1) is 14.0. The lowest BCUT2D eigenvalue weighted by Gasteiger charge is -2.15. The molecule has 0 saturated heterocycles. The Kier molecular flexibility index (Phi) is 3.44. The zero-order valence-corrected chi connectivity index (χ0v) is 10.8. The van der Waals surface area contributed by atoms with E-state index in [-0.39, 0.29) is 22.7 Å². The molecule has 0 aliphatic rings. The predicted octanol–water partition coefficient (Wildman–Crippen LogP) is 2.90. The van der Waals surface area contributed by atoms with Gasteiger partial charge in [0, 0.05) is 12.5 Å². The van der Waals surface area contributed by atoms with Gasteiger partial charge >= 0.3 is 5.97 Å². The number of H-pyrrole nitrogens is 1. The normalized spacial score (nSPS) is 11.4. The first-order valence-corrected chi connectivity index (χ1v) is 5.68. The number of methoxy groups -OCH3 is 1. The Morgan fingerprint density at radius 3 is 2.60 bits per heavy atom. The van der Waals surface area contributed by atoms with Gasteiger partial charge in [-0.25, -0.2) is 13.6 Å². The molecule has 5 nitrogen and oxygen atoms in total. The van der Waals surface area contributed by atoms with Crippen molar-refractivity contribution in [3.63, 3.8) is 0 Å². The second-order valence-electron chi connectivity index (χ2n) is 4.28. The number of carboxylic acids is 1. The number of rotatable bonds is 4. The maximum atomic E-state index is 13.5. The smallest absolute Gasteiger partial charge is 0.353 e. The van der Waals surface area contributed by atoms with Crippen LogP contribution in [-0.2, 0) is 5.92 Å². The third-order valence-electron chi connectivity index (χ3n) is 2.78. The SMILES string of the molecule is COc1ccc(-c2cc(C(=O)O)[nH]n2)cc1C(C)(F)F. The molecule has 0 amide bonds. The van der Waals surface area contributed by atoms with Crippen LogP contribution < -0.4 is 4.74 Å². The topological polar surface area (TPSA) is 75.2 Å². The number of carbonyl (C=O) groups is 1. The number of aromatic amines is 1. The lowest BCUT2D eigenvalue weighted by Crippen LogP contribution is -2.09. The van der Waals surface area contributed by atoms with Crippen molar-refractivity contribution in [3.8, 4) is 17.0 Å². The van der Waals surface area contributed by atoms with E-state index in [1.807, 2.05) is 0 Å². The van der Waals surface area contributed by atoms with Gasteiger partial charge in [-0.05, 0) is 24.3 Å². The zero-order chi connectivity index (χ0) is 14.9. The number of nitrogens with zero attached hydrogens (tertiary/aromatic N) is 1. The molecule has 2 rings (SSSR count). The van der Waals surface area contributed by atoms with Crippen molar-refractivity contribution in [3.05, 3.63) is 35.5 Å². The first-order valence-electron chi connectivity index (χ1n) is 5.68. The van der Waals surface area contributed by atoms with Crippen molar-refractivity contribution in [1.29, 1.82) is 0 Å². The molecule has 0 bridgehead atoms. The number of halogens is 2. The number of aromatic nitrogens is 2. The summed E-state index contributed by atoms with van der Waals surface area (Å²) in [6, 6.07) is 5.45. The number of aromatic carboxylic acids is 1. The van der Waals surface area contributed by atoms with Gasteiger partial charge in [-0.15, -0.1) is 0 Å². The van der Waals surface area contributed by atoms with Crippen LogP contribution in [0.5, 0.6) is 5.75 Å². The highest BCUT2D eigenvalue weighted by atomic mass is 19.3. The highest BCUT2D eigenvalue weighted by Gasteiger charge is 2.29. The van der Waals surface area contributed by atoms with Gasteiger partial charge in [-0.3, -0.25) is 5.10 Å². The molecule has 0 atom stereocenters. The summed E-state index contributed by atoms with van der Waals surface area (Å²) in [4.78, 5) is 10.8. The minimum Gasteiger partial charge on any atom is -0.496 e. The van der Waals surface area contributed by atoms with E-state index in [0.717, 1.165) is 6.92 Å². The van der Waals surface area contributed by atoms with E-state index in [9.17, 15) is 13.6 Å². The van der Waals surface area contributed by atoms with Crippen LogP contribution in [0, 0.1) is 0 Å². The quantitative estimate of drug-likeness (QED) is 0.904. The average Bonchev–Trinajstić information content (AvgIpc) is 2.86. The van der Waals surface area contributed by atoms with Gasteiger partial charge in [0.15, 0.2) is 0 Å². The Morgan fingerprint density at radius 1 is 1.40 bits per heavy atom. The lowest BCUT2D eigenvalue weighted by atomic mass is 10.0. The molecule has 0 aliphatic heterocycles. The Hall–Kier alpha value is -2.44. The molecule has 2 N–H and O–H groups in total. The molecule has 0 fully saturated rings. The van der Waals surface area contributed by atoms with Crippen molar-refractivity contribution in [2.75, 3.05) is 7.11 Å². The standard InChI is InChI=1S/C13H12F2N2O3/c1-13(14,15)8-5-7(3-4-11(8)20-2)9-6-10(12(18)19)17-16-9/h3-6H,1-2H3,(H,16,17)(H,18,19). The van der Waals surface area contributed by atoms with Crippen LogP contribution in [0.15, 0.2) is 24.3 Å². The van der Waals surface area contributed by atoms with Gasteiger partial charge < -0.3 is 9.84 Å². The van der Waals surface area contributed by atoms with E-state index in [0.29, 0.717) is 5.56 Å². The van der Waals surface area contributed by atoms with Crippen LogP contribution in [0.3, 0.4) is 0 Å². The summed E-state index contributed by atoms with van der Waals surface area (Å²) in [5, 5.41) is 14.9.